The third-order valence-electron chi connectivity index (χ3n) is 3.19. The summed E-state index contributed by atoms with van der Waals surface area (Å²) in [4.78, 5) is 23.1. The van der Waals surface area contributed by atoms with Crippen molar-refractivity contribution in [2.24, 2.45) is 5.92 Å². The Labute approximate surface area is 118 Å². The van der Waals surface area contributed by atoms with Crippen LogP contribution in [0.15, 0.2) is 36.4 Å². The lowest BCUT2D eigenvalue weighted by Crippen LogP contribution is -2.24. The summed E-state index contributed by atoms with van der Waals surface area (Å²) in [5.41, 5.74) is 1.33. The van der Waals surface area contributed by atoms with E-state index in [1.807, 2.05) is 0 Å². The van der Waals surface area contributed by atoms with Gasteiger partial charge >= 0.3 is 6.03 Å². The smallest absolute Gasteiger partial charge is 0.318 e. The van der Waals surface area contributed by atoms with Crippen LogP contribution in [-0.2, 0) is 4.79 Å². The van der Waals surface area contributed by atoms with Crippen LogP contribution in [0.25, 0.3) is 0 Å². The summed E-state index contributed by atoms with van der Waals surface area (Å²) < 4.78 is 0. The molecular weight excluding hydrogens is 254 g/mol. The molecule has 1 aromatic carbocycles. The lowest BCUT2D eigenvalue weighted by Gasteiger charge is -2.10. The van der Waals surface area contributed by atoms with Gasteiger partial charge in [0.15, 0.2) is 0 Å². The number of amides is 3. The van der Waals surface area contributed by atoms with Crippen LogP contribution in [0.2, 0.25) is 0 Å². The molecule has 0 unspecified atom stereocenters. The van der Waals surface area contributed by atoms with E-state index in [1.54, 1.807) is 31.3 Å². The van der Waals surface area contributed by atoms with E-state index in [4.69, 9.17) is 0 Å². The van der Waals surface area contributed by atoms with E-state index in [2.05, 4.69) is 28.1 Å². The van der Waals surface area contributed by atoms with Gasteiger partial charge in [0, 0.05) is 24.8 Å². The van der Waals surface area contributed by atoms with Crippen molar-refractivity contribution in [1.82, 2.24) is 5.32 Å². The molecule has 0 aliphatic heterocycles. The highest BCUT2D eigenvalue weighted by Crippen LogP contribution is 2.21. The summed E-state index contributed by atoms with van der Waals surface area (Å²) in [6, 6.07) is 6.81. The Bertz CT molecular complexity index is 526. The van der Waals surface area contributed by atoms with E-state index < -0.39 is 0 Å². The van der Waals surface area contributed by atoms with E-state index in [-0.39, 0.29) is 11.9 Å². The zero-order valence-corrected chi connectivity index (χ0v) is 11.5. The van der Waals surface area contributed by atoms with Gasteiger partial charge in [-0.25, -0.2) is 4.79 Å². The third kappa shape index (κ3) is 4.12. The van der Waals surface area contributed by atoms with Crippen LogP contribution in [0.5, 0.6) is 0 Å². The summed E-state index contributed by atoms with van der Waals surface area (Å²) in [7, 11) is 1.55. The molecule has 1 aromatic rings. The minimum atomic E-state index is -0.287. The molecule has 20 heavy (non-hydrogen) atoms. The van der Waals surface area contributed by atoms with Crippen molar-refractivity contribution in [3.05, 3.63) is 36.4 Å². The van der Waals surface area contributed by atoms with Gasteiger partial charge in [-0.05, 0) is 37.0 Å². The van der Waals surface area contributed by atoms with Crippen molar-refractivity contribution in [3.8, 4) is 0 Å². The summed E-state index contributed by atoms with van der Waals surface area (Å²) in [6.07, 6.45) is 6.83. The summed E-state index contributed by atoms with van der Waals surface area (Å²) >= 11 is 0. The first-order valence-electron chi connectivity index (χ1n) is 6.72. The first-order chi connectivity index (χ1) is 9.67. The van der Waals surface area contributed by atoms with Gasteiger partial charge in [0.25, 0.3) is 0 Å². The van der Waals surface area contributed by atoms with Crippen LogP contribution >= 0.6 is 0 Å². The summed E-state index contributed by atoms with van der Waals surface area (Å²) in [5.74, 6) is 0.348. The number of benzene rings is 1. The van der Waals surface area contributed by atoms with Gasteiger partial charge < -0.3 is 16.0 Å². The van der Waals surface area contributed by atoms with Crippen molar-refractivity contribution in [2.75, 3.05) is 17.7 Å². The number of urea groups is 1. The molecule has 1 aliphatic rings. The van der Waals surface area contributed by atoms with Crippen LogP contribution in [0.1, 0.15) is 19.3 Å². The quantitative estimate of drug-likeness (QED) is 0.738. The standard InChI is InChI=1S/C15H19N3O2/c1-16-15(20)18-13-8-4-7-12(10-13)17-14(19)9-11-5-2-3-6-11/h2,4-5,7-8,10-11H,3,6,9H2,1H3,(H,17,19)(H2,16,18,20)/t11-/m0/s1. The molecule has 3 N–H and O–H groups in total. The van der Waals surface area contributed by atoms with Crippen LogP contribution in [0, 0.1) is 5.92 Å². The fourth-order valence-electron chi connectivity index (χ4n) is 2.18. The van der Waals surface area contributed by atoms with Gasteiger partial charge in [-0.2, -0.15) is 0 Å². The number of allylic oxidation sites excluding steroid dienone is 2. The summed E-state index contributed by atoms with van der Waals surface area (Å²) in [6.45, 7) is 0. The number of carbonyl (C=O) groups is 2. The topological polar surface area (TPSA) is 70.2 Å². The Morgan fingerprint density at radius 3 is 2.65 bits per heavy atom. The molecule has 2 rings (SSSR count). The monoisotopic (exact) mass is 273 g/mol. The first kappa shape index (κ1) is 14.1. The molecule has 0 radical (unpaired) electrons. The first-order valence-corrected chi connectivity index (χ1v) is 6.72. The average molecular weight is 273 g/mol. The second-order valence-electron chi connectivity index (χ2n) is 4.80. The van der Waals surface area contributed by atoms with Gasteiger partial charge in [0.1, 0.15) is 0 Å². The second-order valence-corrected chi connectivity index (χ2v) is 4.80. The lowest BCUT2D eigenvalue weighted by atomic mass is 10.1. The largest absolute Gasteiger partial charge is 0.341 e. The van der Waals surface area contributed by atoms with E-state index in [9.17, 15) is 9.59 Å². The van der Waals surface area contributed by atoms with Gasteiger partial charge in [-0.3, -0.25) is 4.79 Å². The maximum atomic E-state index is 11.9. The lowest BCUT2D eigenvalue weighted by molar-refractivity contribution is -0.116. The van der Waals surface area contributed by atoms with Crippen LogP contribution in [0.4, 0.5) is 16.2 Å². The third-order valence-corrected chi connectivity index (χ3v) is 3.19. The van der Waals surface area contributed by atoms with Crippen molar-refractivity contribution >= 4 is 23.3 Å². The number of carbonyl (C=O) groups excluding carboxylic acids is 2. The highest BCUT2D eigenvalue weighted by atomic mass is 16.2. The maximum absolute atomic E-state index is 11.9. The predicted molar refractivity (Wildman–Crippen MR) is 79.6 cm³/mol. The Kier molecular flexibility index (Phi) is 4.76. The average Bonchev–Trinajstić information content (AvgIpc) is 2.91. The Hall–Kier alpha value is -2.30. The molecule has 1 aliphatic carbocycles. The number of nitrogens with one attached hydrogen (secondary N) is 3. The van der Waals surface area contributed by atoms with E-state index in [0.29, 0.717) is 23.7 Å². The molecule has 1 atom stereocenters. The molecule has 0 saturated carbocycles. The normalized spacial score (nSPS) is 16.8. The Balaban J connectivity index is 1.91. The van der Waals surface area contributed by atoms with Gasteiger partial charge in [0.2, 0.25) is 5.91 Å². The van der Waals surface area contributed by atoms with E-state index >= 15 is 0 Å². The molecule has 0 spiro atoms. The van der Waals surface area contributed by atoms with Gasteiger partial charge in [-0.1, -0.05) is 18.2 Å². The highest BCUT2D eigenvalue weighted by molar-refractivity contribution is 5.93. The van der Waals surface area contributed by atoms with Gasteiger partial charge in [0.05, 0.1) is 0 Å². The zero-order chi connectivity index (χ0) is 14.4. The van der Waals surface area contributed by atoms with Crippen molar-refractivity contribution < 1.29 is 9.59 Å². The van der Waals surface area contributed by atoms with Gasteiger partial charge in [-0.15, -0.1) is 0 Å². The fourth-order valence-corrected chi connectivity index (χ4v) is 2.18. The number of rotatable bonds is 4. The number of anilines is 2. The van der Waals surface area contributed by atoms with Crippen LogP contribution in [-0.4, -0.2) is 19.0 Å². The molecule has 5 heteroatoms. The molecule has 0 fully saturated rings. The number of hydrogen-bond donors (Lipinski definition) is 3. The minimum Gasteiger partial charge on any atom is -0.341 e. The van der Waals surface area contributed by atoms with Crippen LogP contribution < -0.4 is 16.0 Å². The summed E-state index contributed by atoms with van der Waals surface area (Å²) in [5, 5.41) is 8.00. The minimum absolute atomic E-state index is 0.00126. The molecule has 3 amide bonds. The van der Waals surface area contributed by atoms with Crippen molar-refractivity contribution in [1.29, 1.82) is 0 Å². The second kappa shape index (κ2) is 6.75. The van der Waals surface area contributed by atoms with Crippen molar-refractivity contribution in [3.63, 3.8) is 0 Å². The molecule has 0 aromatic heterocycles. The van der Waals surface area contributed by atoms with E-state index in [0.717, 1.165) is 12.8 Å². The molecule has 5 nitrogen and oxygen atoms in total. The maximum Gasteiger partial charge on any atom is 0.318 e. The van der Waals surface area contributed by atoms with Crippen molar-refractivity contribution in [2.45, 2.75) is 19.3 Å². The van der Waals surface area contributed by atoms with E-state index in [1.165, 1.54) is 0 Å². The highest BCUT2D eigenvalue weighted by Gasteiger charge is 2.14. The molecule has 0 bridgehead atoms. The molecule has 106 valence electrons. The van der Waals surface area contributed by atoms with Crippen LogP contribution in [0.3, 0.4) is 0 Å². The SMILES string of the molecule is CNC(=O)Nc1cccc(NC(=O)C[C@H]2C=CCC2)c1. The molecule has 0 heterocycles. The predicted octanol–water partition coefficient (Wildman–Crippen LogP) is 2.73. The zero-order valence-electron chi connectivity index (χ0n) is 11.5. The Morgan fingerprint density at radius 1 is 1.25 bits per heavy atom. The molecule has 0 saturated heterocycles. The molecular formula is C15H19N3O2. The fraction of sp³-hybridized carbons (Fsp3) is 0.333. The number of hydrogen-bond acceptors (Lipinski definition) is 2. The Morgan fingerprint density at radius 2 is 2.00 bits per heavy atom.